The van der Waals surface area contributed by atoms with Gasteiger partial charge in [0.1, 0.15) is 18.1 Å². The van der Waals surface area contributed by atoms with E-state index in [1.54, 1.807) is 0 Å². The normalized spacial score (nSPS) is 15.1. The standard InChI is InChI=1S/C53H53N7O8/c1-59(33-47(61)56-45(52(67)68)30-48(62)63)51(66)46-26-15-27-60(46)50(65)44(29-35-32-55-42-25-14-12-23-40(35)42)57-49(64)43(28-34-31-54-41-24-13-11-22-39(34)41)58-53(36-16-5-2-6-17-36,37-18-7-3-8-19-37)38-20-9-4-10-21-38/h2-14,16-25,31-32,43-46,54-55,58H,15,26-30,33H2,1H3,(H,56,61)(H,57,64)(H,62,63)(H,67,68)/t43-,44-,45-,46-/m0/s1. The fourth-order valence-corrected chi connectivity index (χ4v) is 9.45. The molecule has 0 spiro atoms. The second kappa shape index (κ2) is 20.6. The van der Waals surface area contributed by atoms with Gasteiger partial charge in [0.05, 0.1) is 24.5 Å². The maximum atomic E-state index is 15.6. The van der Waals surface area contributed by atoms with Crippen LogP contribution in [0, 0.1) is 0 Å². The molecule has 1 fully saturated rings. The fraction of sp³-hybridized carbons (Fsp3) is 0.245. The number of likely N-dealkylation sites (N-methyl/N-ethyl adjacent to an activating group) is 1. The third-order valence-corrected chi connectivity index (χ3v) is 12.7. The zero-order chi connectivity index (χ0) is 47.8. The molecule has 3 heterocycles. The van der Waals surface area contributed by atoms with Gasteiger partial charge in [0.25, 0.3) is 0 Å². The minimum Gasteiger partial charge on any atom is -0.481 e. The largest absolute Gasteiger partial charge is 0.481 e. The number of H-pyrrole nitrogens is 2. The Morgan fingerprint density at radius 3 is 1.65 bits per heavy atom. The molecule has 7 N–H and O–H groups in total. The van der Waals surface area contributed by atoms with Gasteiger partial charge in [-0.2, -0.15) is 0 Å². The van der Waals surface area contributed by atoms with E-state index < -0.39 is 78.2 Å². The van der Waals surface area contributed by atoms with Crippen LogP contribution in [-0.4, -0.2) is 110 Å². The molecule has 4 atom stereocenters. The Morgan fingerprint density at radius 1 is 0.662 bits per heavy atom. The van der Waals surface area contributed by atoms with Gasteiger partial charge in [-0.3, -0.25) is 29.3 Å². The highest BCUT2D eigenvalue weighted by Crippen LogP contribution is 2.38. The van der Waals surface area contributed by atoms with Gasteiger partial charge in [-0.05, 0) is 59.2 Å². The molecular formula is C53H53N7O8. The molecule has 4 amide bonds. The molecular weight excluding hydrogens is 863 g/mol. The number of amides is 4. The second-order valence-electron chi connectivity index (χ2n) is 17.2. The number of likely N-dealkylation sites (tertiary alicyclic amines) is 1. The van der Waals surface area contributed by atoms with E-state index in [-0.39, 0.29) is 25.8 Å². The summed E-state index contributed by atoms with van der Waals surface area (Å²) in [5.74, 6) is -5.33. The second-order valence-corrected chi connectivity index (χ2v) is 17.2. The molecule has 1 aliphatic rings. The van der Waals surface area contributed by atoms with E-state index in [1.165, 1.54) is 11.9 Å². The molecule has 8 rings (SSSR count). The molecule has 0 aliphatic carbocycles. The third-order valence-electron chi connectivity index (χ3n) is 12.7. The molecule has 5 aromatic carbocycles. The number of carboxylic acids is 2. The predicted molar refractivity (Wildman–Crippen MR) is 256 cm³/mol. The molecule has 15 heteroatoms. The van der Waals surface area contributed by atoms with Crippen molar-refractivity contribution in [2.24, 2.45) is 0 Å². The first-order chi connectivity index (χ1) is 32.9. The summed E-state index contributed by atoms with van der Waals surface area (Å²) in [5.41, 5.74) is 4.99. The maximum Gasteiger partial charge on any atom is 0.326 e. The number of aromatic nitrogens is 2. The topological polar surface area (TPSA) is 217 Å². The van der Waals surface area contributed by atoms with Crippen molar-refractivity contribution in [2.75, 3.05) is 20.1 Å². The Kier molecular flexibility index (Phi) is 14.1. The molecule has 0 bridgehead atoms. The number of benzene rings is 5. The highest BCUT2D eigenvalue weighted by molar-refractivity contribution is 5.96. The molecule has 1 saturated heterocycles. The van der Waals surface area contributed by atoms with Gasteiger partial charge in [-0.25, -0.2) is 4.79 Å². The molecule has 0 saturated carbocycles. The van der Waals surface area contributed by atoms with Crippen LogP contribution < -0.4 is 16.0 Å². The number of aromatic amines is 2. The number of carbonyl (C=O) groups excluding carboxylic acids is 4. The molecule has 15 nitrogen and oxygen atoms in total. The zero-order valence-corrected chi connectivity index (χ0v) is 37.4. The van der Waals surface area contributed by atoms with Crippen LogP contribution in [0.15, 0.2) is 152 Å². The third kappa shape index (κ3) is 10.0. The van der Waals surface area contributed by atoms with Crippen molar-refractivity contribution in [3.05, 3.63) is 180 Å². The number of fused-ring (bicyclic) bond motifs is 2. The van der Waals surface area contributed by atoms with Crippen molar-refractivity contribution in [3.63, 3.8) is 0 Å². The SMILES string of the molecule is CN(CC(=O)N[C@@H](CC(=O)O)C(=O)O)C(=O)[C@@H]1CCCN1C(=O)[C@H](Cc1c[nH]c2ccccc12)NC(=O)[C@H](Cc1c[nH]c2ccccc12)NC(c1ccccc1)(c1ccccc1)c1ccccc1. The van der Waals surface area contributed by atoms with Crippen LogP contribution in [0.2, 0.25) is 0 Å². The molecule has 348 valence electrons. The predicted octanol–water partition coefficient (Wildman–Crippen LogP) is 5.36. The first-order valence-electron chi connectivity index (χ1n) is 22.6. The Labute approximate surface area is 392 Å². The van der Waals surface area contributed by atoms with Gasteiger partial charge < -0.3 is 40.6 Å². The van der Waals surface area contributed by atoms with Crippen LogP contribution in [0.5, 0.6) is 0 Å². The number of carbonyl (C=O) groups is 6. The van der Waals surface area contributed by atoms with Crippen molar-refractivity contribution in [3.8, 4) is 0 Å². The summed E-state index contributed by atoms with van der Waals surface area (Å²) >= 11 is 0. The molecule has 2 aromatic heterocycles. The highest BCUT2D eigenvalue weighted by atomic mass is 16.4. The van der Waals surface area contributed by atoms with Crippen molar-refractivity contribution < 1.29 is 39.0 Å². The Balaban J connectivity index is 1.16. The summed E-state index contributed by atoms with van der Waals surface area (Å²) in [6.07, 6.45) is 3.90. The lowest BCUT2D eigenvalue weighted by atomic mass is 9.76. The Bertz CT molecular complexity index is 2820. The quantitative estimate of drug-likeness (QED) is 0.0519. The van der Waals surface area contributed by atoms with Crippen LogP contribution in [-0.2, 0) is 47.1 Å². The average molecular weight is 916 g/mol. The number of nitrogens with one attached hydrogen (secondary N) is 5. The number of nitrogens with zero attached hydrogens (tertiary/aromatic N) is 2. The van der Waals surface area contributed by atoms with Gasteiger partial charge >= 0.3 is 11.9 Å². The average Bonchev–Trinajstić information content (AvgIpc) is 4.12. The molecule has 68 heavy (non-hydrogen) atoms. The van der Waals surface area contributed by atoms with E-state index in [0.29, 0.717) is 6.42 Å². The Hall–Kier alpha value is -8.04. The van der Waals surface area contributed by atoms with Gasteiger partial charge in [0.2, 0.25) is 23.6 Å². The monoisotopic (exact) mass is 915 g/mol. The number of rotatable bonds is 19. The van der Waals surface area contributed by atoms with Crippen molar-refractivity contribution >= 4 is 57.4 Å². The van der Waals surface area contributed by atoms with E-state index >= 15 is 9.59 Å². The molecule has 1 aliphatic heterocycles. The number of hydrogen-bond donors (Lipinski definition) is 7. The van der Waals surface area contributed by atoms with Gasteiger partial charge in [0.15, 0.2) is 0 Å². The number of hydrogen-bond acceptors (Lipinski definition) is 7. The van der Waals surface area contributed by atoms with E-state index in [9.17, 15) is 24.3 Å². The highest BCUT2D eigenvalue weighted by Gasteiger charge is 2.43. The molecule has 0 unspecified atom stereocenters. The first-order valence-corrected chi connectivity index (χ1v) is 22.6. The van der Waals surface area contributed by atoms with E-state index in [0.717, 1.165) is 54.5 Å². The maximum absolute atomic E-state index is 15.6. The fourth-order valence-electron chi connectivity index (χ4n) is 9.45. The summed E-state index contributed by atoms with van der Waals surface area (Å²) in [5, 5.41) is 29.7. The van der Waals surface area contributed by atoms with Crippen molar-refractivity contribution in [1.29, 1.82) is 0 Å². The summed E-state index contributed by atoms with van der Waals surface area (Å²) in [7, 11) is 1.36. The van der Waals surface area contributed by atoms with Gasteiger partial charge in [-0.15, -0.1) is 0 Å². The van der Waals surface area contributed by atoms with Crippen LogP contribution >= 0.6 is 0 Å². The first kappa shape index (κ1) is 46.5. The van der Waals surface area contributed by atoms with Crippen molar-refractivity contribution in [1.82, 2.24) is 35.7 Å². The molecule has 7 aromatic rings. The number of para-hydroxylation sites is 2. The van der Waals surface area contributed by atoms with Gasteiger partial charge in [0, 0.05) is 54.2 Å². The van der Waals surface area contributed by atoms with Crippen LogP contribution in [0.1, 0.15) is 47.1 Å². The van der Waals surface area contributed by atoms with Crippen LogP contribution in [0.25, 0.3) is 21.8 Å². The van der Waals surface area contributed by atoms with E-state index in [4.69, 9.17) is 5.11 Å². The summed E-state index contributed by atoms with van der Waals surface area (Å²) in [6.45, 7) is -0.380. The zero-order valence-electron chi connectivity index (χ0n) is 37.4. The summed E-state index contributed by atoms with van der Waals surface area (Å²) < 4.78 is 0. The number of aliphatic carboxylic acids is 2. The minimum absolute atomic E-state index is 0.0748. The van der Waals surface area contributed by atoms with E-state index in [2.05, 4.69) is 25.9 Å². The van der Waals surface area contributed by atoms with Gasteiger partial charge in [-0.1, -0.05) is 127 Å². The summed E-state index contributed by atoms with van der Waals surface area (Å²) in [4.78, 5) is 89.9. The summed E-state index contributed by atoms with van der Waals surface area (Å²) in [6, 6.07) is 40.5. The lowest BCUT2D eigenvalue weighted by molar-refractivity contribution is -0.148. The minimum atomic E-state index is -1.70. The number of carboxylic acid groups (broad SMARTS) is 2. The van der Waals surface area contributed by atoms with Crippen LogP contribution in [0.4, 0.5) is 0 Å². The lowest BCUT2D eigenvalue weighted by Gasteiger charge is -2.40. The smallest absolute Gasteiger partial charge is 0.326 e. The van der Waals surface area contributed by atoms with Crippen LogP contribution in [0.3, 0.4) is 0 Å². The lowest BCUT2D eigenvalue weighted by Crippen LogP contribution is -2.60. The Morgan fingerprint density at radius 2 is 1.15 bits per heavy atom. The van der Waals surface area contributed by atoms with Crippen molar-refractivity contribution in [2.45, 2.75) is 61.8 Å². The van der Waals surface area contributed by atoms with E-state index in [1.807, 2.05) is 152 Å². The molecule has 0 radical (unpaired) electrons.